The molecule has 182 valence electrons. The first kappa shape index (κ1) is 23.2. The van der Waals surface area contributed by atoms with Crippen LogP contribution in [0, 0.1) is 17.8 Å². The predicted molar refractivity (Wildman–Crippen MR) is 123 cm³/mol. The normalized spacial score (nSPS) is 31.8. The van der Waals surface area contributed by atoms with Gasteiger partial charge in [0.2, 0.25) is 5.82 Å². The Labute approximate surface area is 202 Å². The van der Waals surface area contributed by atoms with Gasteiger partial charge >= 0.3 is 11.9 Å². The Morgan fingerprint density at radius 3 is 2.68 bits per heavy atom. The lowest BCUT2D eigenvalue weighted by molar-refractivity contribution is -0.143. The molecule has 6 atom stereocenters. The van der Waals surface area contributed by atoms with Crippen LogP contribution in [0.2, 0.25) is 5.02 Å². The number of tetrazole rings is 1. The highest BCUT2D eigenvalue weighted by molar-refractivity contribution is 6.33. The summed E-state index contributed by atoms with van der Waals surface area (Å²) in [5, 5.41) is 35.8. The molecule has 3 fully saturated rings. The van der Waals surface area contributed by atoms with Crippen molar-refractivity contribution < 1.29 is 19.8 Å². The first-order valence-corrected chi connectivity index (χ1v) is 12.2. The topological polar surface area (TPSA) is 133 Å². The molecule has 10 nitrogen and oxygen atoms in total. The van der Waals surface area contributed by atoms with Gasteiger partial charge in [0.05, 0.1) is 11.1 Å². The second kappa shape index (κ2) is 9.59. The van der Waals surface area contributed by atoms with Crippen LogP contribution in [-0.2, 0) is 9.59 Å². The van der Waals surface area contributed by atoms with Crippen molar-refractivity contribution in [2.45, 2.75) is 50.2 Å². The molecule has 3 heterocycles. The van der Waals surface area contributed by atoms with Crippen LogP contribution in [-0.4, -0.2) is 79.0 Å². The molecule has 5 rings (SSSR count). The van der Waals surface area contributed by atoms with Gasteiger partial charge < -0.3 is 15.5 Å². The third kappa shape index (κ3) is 4.67. The molecule has 0 amide bonds. The van der Waals surface area contributed by atoms with E-state index in [0.717, 1.165) is 25.8 Å². The van der Waals surface area contributed by atoms with E-state index in [1.54, 1.807) is 6.07 Å². The average Bonchev–Trinajstić information content (AvgIpc) is 3.46. The largest absolute Gasteiger partial charge is 0.480 e. The summed E-state index contributed by atoms with van der Waals surface area (Å²) in [6.45, 7) is 1.98. The van der Waals surface area contributed by atoms with Crippen LogP contribution in [0.25, 0.3) is 11.4 Å². The molecular formula is C23H29ClN6O4. The van der Waals surface area contributed by atoms with E-state index in [1.807, 2.05) is 23.1 Å². The lowest BCUT2D eigenvalue weighted by Crippen LogP contribution is -2.50. The number of carboxylic acids is 2. The third-order valence-electron chi connectivity index (χ3n) is 7.74. The number of halogens is 1. The first-order chi connectivity index (χ1) is 16.4. The van der Waals surface area contributed by atoms with Crippen LogP contribution in [0.15, 0.2) is 24.3 Å². The van der Waals surface area contributed by atoms with E-state index in [0.29, 0.717) is 60.1 Å². The van der Waals surface area contributed by atoms with Gasteiger partial charge in [-0.2, -0.15) is 4.80 Å². The quantitative estimate of drug-likeness (QED) is 0.559. The summed E-state index contributed by atoms with van der Waals surface area (Å²) in [5.41, 5.74) is 0.693. The minimum atomic E-state index is -0.838. The molecule has 1 aromatic heterocycles. The molecule has 1 aliphatic carbocycles. The van der Waals surface area contributed by atoms with E-state index < -0.39 is 24.0 Å². The van der Waals surface area contributed by atoms with Crippen LogP contribution in [0.3, 0.4) is 0 Å². The minimum absolute atomic E-state index is 0.184. The Morgan fingerprint density at radius 2 is 1.91 bits per heavy atom. The Hall–Kier alpha value is -2.56. The molecule has 3 aliphatic rings. The number of piperidine rings is 1. The summed E-state index contributed by atoms with van der Waals surface area (Å²) in [6, 6.07) is 6.03. The summed E-state index contributed by atoms with van der Waals surface area (Å²) in [7, 11) is 0. The zero-order valence-corrected chi connectivity index (χ0v) is 19.5. The lowest BCUT2D eigenvalue weighted by atomic mass is 9.69. The molecular weight excluding hydrogens is 460 g/mol. The predicted octanol–water partition coefficient (Wildman–Crippen LogP) is 2.17. The van der Waals surface area contributed by atoms with Crippen molar-refractivity contribution in [3.63, 3.8) is 0 Å². The van der Waals surface area contributed by atoms with Crippen molar-refractivity contribution in [1.82, 2.24) is 30.4 Å². The molecule has 3 N–H and O–H groups in total. The average molecular weight is 489 g/mol. The van der Waals surface area contributed by atoms with Gasteiger partial charge in [-0.25, -0.2) is 0 Å². The number of nitrogens with zero attached hydrogens (tertiary/aromatic N) is 5. The molecule has 0 unspecified atom stereocenters. The number of nitrogens with one attached hydrogen (secondary N) is 1. The van der Waals surface area contributed by atoms with E-state index in [4.69, 9.17) is 11.6 Å². The van der Waals surface area contributed by atoms with Crippen LogP contribution >= 0.6 is 11.6 Å². The number of aliphatic carboxylic acids is 2. The number of likely N-dealkylation sites (tertiary alicyclic amines) is 1. The van der Waals surface area contributed by atoms with Gasteiger partial charge in [-0.1, -0.05) is 23.7 Å². The van der Waals surface area contributed by atoms with Crippen molar-refractivity contribution in [1.29, 1.82) is 0 Å². The molecule has 2 saturated heterocycles. The van der Waals surface area contributed by atoms with Crippen molar-refractivity contribution >= 4 is 23.5 Å². The lowest BCUT2D eigenvalue weighted by Gasteiger charge is -2.42. The van der Waals surface area contributed by atoms with Crippen molar-refractivity contribution in [3.8, 4) is 11.4 Å². The molecule has 1 saturated carbocycles. The van der Waals surface area contributed by atoms with Crippen LogP contribution in [0.1, 0.15) is 38.1 Å². The zero-order chi connectivity index (χ0) is 23.8. The van der Waals surface area contributed by atoms with Gasteiger partial charge in [0.1, 0.15) is 12.1 Å². The SMILES string of the molecule is O=C(O)[C@@H]1C[C@H]2C[C@@H](CN3C[C@@H](n4nnc(-c5ccccc5Cl)n4)C[C@H]3C(=O)O)CC[C@H]2CN1. The molecule has 1 aromatic carbocycles. The molecule has 0 bridgehead atoms. The van der Waals surface area contributed by atoms with Gasteiger partial charge in [0, 0.05) is 18.7 Å². The highest BCUT2D eigenvalue weighted by Gasteiger charge is 2.42. The van der Waals surface area contributed by atoms with Crippen LogP contribution < -0.4 is 5.32 Å². The van der Waals surface area contributed by atoms with Gasteiger partial charge in [0.15, 0.2) is 0 Å². The number of rotatable bonds is 6. The van der Waals surface area contributed by atoms with E-state index in [9.17, 15) is 19.8 Å². The van der Waals surface area contributed by atoms with Crippen molar-refractivity contribution in [2.24, 2.45) is 17.8 Å². The maximum absolute atomic E-state index is 12.0. The molecule has 2 aromatic rings. The third-order valence-corrected chi connectivity index (χ3v) is 8.07. The standard InChI is InChI=1S/C23H29ClN6O4/c24-18-4-2-1-3-17(18)21-26-28-30(27-21)16-9-20(23(33)34)29(12-16)11-13-5-6-14-10-25-19(22(31)32)8-15(14)7-13/h1-4,13-16,19-20,25H,5-12H2,(H,31,32)(H,33,34)/t13-,14-,15+,16-,19-,20-/m0/s1. The minimum Gasteiger partial charge on any atom is -0.480 e. The molecule has 34 heavy (non-hydrogen) atoms. The number of hydrogen-bond acceptors (Lipinski definition) is 7. The molecule has 0 spiro atoms. The second-order valence-corrected chi connectivity index (χ2v) is 10.3. The highest BCUT2D eigenvalue weighted by atomic mass is 35.5. The van der Waals surface area contributed by atoms with Crippen molar-refractivity contribution in [3.05, 3.63) is 29.3 Å². The summed E-state index contributed by atoms with van der Waals surface area (Å²) in [6.07, 6.45) is 4.09. The van der Waals surface area contributed by atoms with Gasteiger partial charge in [-0.15, -0.1) is 10.2 Å². The second-order valence-electron chi connectivity index (χ2n) is 9.84. The Balaban J connectivity index is 1.25. The number of aromatic nitrogens is 4. The Kier molecular flexibility index (Phi) is 6.54. The highest BCUT2D eigenvalue weighted by Crippen LogP contribution is 2.40. The van der Waals surface area contributed by atoms with Gasteiger partial charge in [-0.05, 0) is 73.7 Å². The Morgan fingerprint density at radius 1 is 1.09 bits per heavy atom. The van der Waals surface area contributed by atoms with E-state index in [-0.39, 0.29) is 6.04 Å². The van der Waals surface area contributed by atoms with Crippen LogP contribution in [0.4, 0.5) is 0 Å². The number of carboxylic acid groups (broad SMARTS) is 2. The smallest absolute Gasteiger partial charge is 0.321 e. The molecule has 2 aliphatic heterocycles. The van der Waals surface area contributed by atoms with Crippen LogP contribution in [0.5, 0.6) is 0 Å². The molecule has 0 radical (unpaired) electrons. The fourth-order valence-electron chi connectivity index (χ4n) is 5.98. The Bertz CT molecular complexity index is 1060. The monoisotopic (exact) mass is 488 g/mol. The summed E-state index contributed by atoms with van der Waals surface area (Å²) in [4.78, 5) is 27.0. The summed E-state index contributed by atoms with van der Waals surface area (Å²) in [5.74, 6) is 0.0414. The van der Waals surface area contributed by atoms with Crippen molar-refractivity contribution in [2.75, 3.05) is 19.6 Å². The fourth-order valence-corrected chi connectivity index (χ4v) is 6.20. The fraction of sp³-hybridized carbons (Fsp3) is 0.609. The first-order valence-electron chi connectivity index (χ1n) is 11.9. The van der Waals surface area contributed by atoms with E-state index in [2.05, 4.69) is 20.7 Å². The maximum atomic E-state index is 12.0. The summed E-state index contributed by atoms with van der Waals surface area (Å²) < 4.78 is 0. The zero-order valence-electron chi connectivity index (χ0n) is 18.8. The van der Waals surface area contributed by atoms with E-state index in [1.165, 1.54) is 4.80 Å². The summed E-state index contributed by atoms with van der Waals surface area (Å²) >= 11 is 6.26. The number of hydrogen-bond donors (Lipinski definition) is 3. The number of carbonyl (C=O) groups is 2. The van der Waals surface area contributed by atoms with E-state index >= 15 is 0 Å². The molecule has 11 heteroatoms. The number of fused-ring (bicyclic) bond motifs is 1. The number of benzene rings is 1. The van der Waals surface area contributed by atoms with Gasteiger partial charge in [-0.3, -0.25) is 14.5 Å². The van der Waals surface area contributed by atoms with Gasteiger partial charge in [0.25, 0.3) is 0 Å². The maximum Gasteiger partial charge on any atom is 0.321 e.